The summed E-state index contributed by atoms with van der Waals surface area (Å²) in [4.78, 5) is 31.8. The molecule has 0 spiro atoms. The molecule has 2 aromatic heterocycles. The van der Waals surface area contributed by atoms with E-state index in [2.05, 4.69) is 24.8 Å². The number of aromatic amines is 1. The molecule has 2 aromatic carbocycles. The molecule has 0 aliphatic carbocycles. The van der Waals surface area contributed by atoms with E-state index in [1.54, 1.807) is 38.1 Å². The molecule has 1 amide bonds. The SMILES string of the molecule is Cc1ccc(NC(=O)C(C)(C)c2ccc3c(c2)OC(F)(F)O3)nc1-c1ccc2[nH]c(=O)oc2c1. The highest BCUT2D eigenvalue weighted by Gasteiger charge is 2.44. The van der Waals surface area contributed by atoms with Crippen molar-refractivity contribution in [3.63, 3.8) is 0 Å². The van der Waals surface area contributed by atoms with Crippen LogP contribution in [-0.4, -0.2) is 22.2 Å². The van der Waals surface area contributed by atoms with E-state index in [0.717, 1.165) is 5.56 Å². The number of aromatic nitrogens is 2. The van der Waals surface area contributed by atoms with Gasteiger partial charge in [-0.3, -0.25) is 9.78 Å². The van der Waals surface area contributed by atoms with Crippen molar-refractivity contribution in [3.05, 3.63) is 70.2 Å². The molecule has 2 N–H and O–H groups in total. The van der Waals surface area contributed by atoms with Crippen molar-refractivity contribution < 1.29 is 27.5 Å². The Kier molecular flexibility index (Phi) is 4.71. The summed E-state index contributed by atoms with van der Waals surface area (Å²) in [6.07, 6.45) is -3.73. The number of carbonyl (C=O) groups excluding carboxylic acids is 1. The Morgan fingerprint density at radius 3 is 2.62 bits per heavy atom. The predicted molar refractivity (Wildman–Crippen MR) is 119 cm³/mol. The van der Waals surface area contributed by atoms with Crippen LogP contribution in [0.3, 0.4) is 0 Å². The van der Waals surface area contributed by atoms with Gasteiger partial charge in [0.05, 0.1) is 16.6 Å². The summed E-state index contributed by atoms with van der Waals surface area (Å²) in [6, 6.07) is 12.9. The predicted octanol–water partition coefficient (Wildman–Crippen LogP) is 4.73. The summed E-state index contributed by atoms with van der Waals surface area (Å²) in [7, 11) is 0. The van der Waals surface area contributed by atoms with Crippen LogP contribution in [0.25, 0.3) is 22.4 Å². The third kappa shape index (κ3) is 3.76. The highest BCUT2D eigenvalue weighted by molar-refractivity contribution is 5.98. The van der Waals surface area contributed by atoms with Gasteiger partial charge in [0.1, 0.15) is 5.82 Å². The van der Waals surface area contributed by atoms with E-state index in [9.17, 15) is 18.4 Å². The minimum Gasteiger partial charge on any atom is -0.408 e. The minimum absolute atomic E-state index is 0.0926. The number of halogens is 2. The number of anilines is 1. The average Bonchev–Trinajstić information content (AvgIpc) is 3.30. The smallest absolute Gasteiger partial charge is 0.408 e. The van der Waals surface area contributed by atoms with Gasteiger partial charge >= 0.3 is 12.1 Å². The third-order valence-electron chi connectivity index (χ3n) is 5.72. The summed E-state index contributed by atoms with van der Waals surface area (Å²) >= 11 is 0. The number of fused-ring (bicyclic) bond motifs is 2. The number of H-pyrrole nitrogens is 1. The Balaban J connectivity index is 1.42. The molecule has 0 fully saturated rings. The minimum atomic E-state index is -3.73. The third-order valence-corrected chi connectivity index (χ3v) is 5.72. The van der Waals surface area contributed by atoms with Gasteiger partial charge in [0, 0.05) is 5.56 Å². The second-order valence-electron chi connectivity index (χ2n) is 8.50. The number of carbonyl (C=O) groups is 1. The van der Waals surface area contributed by atoms with Crippen LogP contribution in [0.4, 0.5) is 14.6 Å². The molecule has 8 nitrogen and oxygen atoms in total. The first-order chi connectivity index (χ1) is 16.0. The van der Waals surface area contributed by atoms with Crippen LogP contribution in [0.2, 0.25) is 0 Å². The molecule has 5 rings (SSSR count). The fourth-order valence-electron chi connectivity index (χ4n) is 3.72. The van der Waals surface area contributed by atoms with Crippen molar-refractivity contribution in [3.8, 4) is 22.8 Å². The summed E-state index contributed by atoms with van der Waals surface area (Å²) in [6.45, 7) is 5.20. The maximum Gasteiger partial charge on any atom is 0.586 e. The molecule has 0 saturated heterocycles. The normalized spacial score (nSPS) is 14.4. The first kappa shape index (κ1) is 21.6. The van der Waals surface area contributed by atoms with Crippen LogP contribution in [-0.2, 0) is 10.2 Å². The Labute approximate surface area is 191 Å². The van der Waals surface area contributed by atoms with Crippen LogP contribution in [0.15, 0.2) is 57.7 Å². The van der Waals surface area contributed by atoms with E-state index in [-0.39, 0.29) is 11.5 Å². The van der Waals surface area contributed by atoms with Crippen LogP contribution in [0, 0.1) is 6.92 Å². The standard InChI is InChI=1S/C24H19F2N3O5/c1-12-4-9-19(28-20(12)13-5-7-15-17(10-13)32-22(31)27-15)29-21(30)23(2,3)14-6-8-16-18(11-14)34-24(25,26)33-16/h4-11H,1-3H3,(H,27,31)(H,28,29,30). The molecular formula is C24H19F2N3O5. The number of rotatable bonds is 4. The number of alkyl halides is 2. The maximum absolute atomic E-state index is 13.4. The van der Waals surface area contributed by atoms with Gasteiger partial charge in [-0.25, -0.2) is 9.78 Å². The van der Waals surface area contributed by atoms with Crippen LogP contribution < -0.4 is 20.5 Å². The molecule has 0 atom stereocenters. The van der Waals surface area contributed by atoms with Gasteiger partial charge in [-0.2, -0.15) is 0 Å². The van der Waals surface area contributed by atoms with Crippen LogP contribution in [0.5, 0.6) is 11.5 Å². The van der Waals surface area contributed by atoms with E-state index < -0.39 is 23.4 Å². The Bertz CT molecular complexity index is 1510. The summed E-state index contributed by atoms with van der Waals surface area (Å²) in [5.74, 6) is -0.864. The molecule has 10 heteroatoms. The maximum atomic E-state index is 13.4. The zero-order valence-electron chi connectivity index (χ0n) is 18.4. The molecule has 1 aliphatic rings. The number of aryl methyl sites for hydroxylation is 1. The van der Waals surface area contributed by atoms with E-state index >= 15 is 0 Å². The van der Waals surface area contributed by atoms with Gasteiger partial charge < -0.3 is 19.2 Å². The molecule has 0 unspecified atom stereocenters. The number of pyridine rings is 1. The van der Waals surface area contributed by atoms with Gasteiger partial charge in [0.15, 0.2) is 17.1 Å². The van der Waals surface area contributed by atoms with Crippen molar-refractivity contribution in [2.45, 2.75) is 32.5 Å². The number of ether oxygens (including phenoxy) is 2. The molecule has 0 saturated carbocycles. The van der Waals surface area contributed by atoms with E-state index in [1.165, 1.54) is 18.2 Å². The van der Waals surface area contributed by atoms with E-state index in [4.69, 9.17) is 4.42 Å². The number of nitrogens with zero attached hydrogens (tertiary/aromatic N) is 1. The highest BCUT2D eigenvalue weighted by Crippen LogP contribution is 2.43. The Morgan fingerprint density at radius 2 is 1.82 bits per heavy atom. The number of hydrogen-bond donors (Lipinski definition) is 2. The number of hydrogen-bond acceptors (Lipinski definition) is 6. The molecule has 0 bridgehead atoms. The molecule has 4 aromatic rings. The van der Waals surface area contributed by atoms with E-state index in [0.29, 0.717) is 33.7 Å². The summed E-state index contributed by atoms with van der Waals surface area (Å²) in [5.41, 5.74) is 2.49. The lowest BCUT2D eigenvalue weighted by molar-refractivity contribution is -0.286. The molecule has 3 heterocycles. The molecule has 34 heavy (non-hydrogen) atoms. The number of nitrogens with one attached hydrogen (secondary N) is 2. The fraction of sp³-hybridized carbons (Fsp3) is 0.208. The first-order valence-corrected chi connectivity index (χ1v) is 10.3. The quantitative estimate of drug-likeness (QED) is 0.450. The van der Waals surface area contributed by atoms with Crippen LogP contribution >= 0.6 is 0 Å². The van der Waals surface area contributed by atoms with E-state index in [1.807, 2.05) is 13.0 Å². The molecule has 1 aliphatic heterocycles. The van der Waals surface area contributed by atoms with Gasteiger partial charge in [0.2, 0.25) is 5.91 Å². The van der Waals surface area contributed by atoms with Crippen LogP contribution in [0.1, 0.15) is 25.0 Å². The second kappa shape index (κ2) is 7.41. The second-order valence-corrected chi connectivity index (χ2v) is 8.50. The number of benzene rings is 2. The molecule has 174 valence electrons. The molecular weight excluding hydrogens is 448 g/mol. The Hall–Kier alpha value is -4.21. The van der Waals surface area contributed by atoms with Crippen molar-refractivity contribution in [1.29, 1.82) is 0 Å². The van der Waals surface area contributed by atoms with Crippen molar-refractivity contribution in [2.24, 2.45) is 0 Å². The lowest BCUT2D eigenvalue weighted by Crippen LogP contribution is -2.35. The van der Waals surface area contributed by atoms with Crippen molar-refractivity contribution in [2.75, 3.05) is 5.32 Å². The topological polar surface area (TPSA) is 106 Å². The van der Waals surface area contributed by atoms with Gasteiger partial charge in [-0.05, 0) is 62.2 Å². The number of oxazole rings is 1. The largest absolute Gasteiger partial charge is 0.586 e. The lowest BCUT2D eigenvalue weighted by atomic mass is 9.83. The zero-order valence-corrected chi connectivity index (χ0v) is 18.4. The average molecular weight is 467 g/mol. The first-order valence-electron chi connectivity index (χ1n) is 10.3. The van der Waals surface area contributed by atoms with Crippen molar-refractivity contribution >= 4 is 22.8 Å². The highest BCUT2D eigenvalue weighted by atomic mass is 19.3. The summed E-state index contributed by atoms with van der Waals surface area (Å²) < 4.78 is 40.8. The van der Waals surface area contributed by atoms with Gasteiger partial charge in [0.25, 0.3) is 0 Å². The fourth-order valence-corrected chi connectivity index (χ4v) is 3.72. The monoisotopic (exact) mass is 467 g/mol. The summed E-state index contributed by atoms with van der Waals surface area (Å²) in [5, 5.41) is 2.79. The Morgan fingerprint density at radius 1 is 1.06 bits per heavy atom. The number of amides is 1. The van der Waals surface area contributed by atoms with Crippen molar-refractivity contribution in [1.82, 2.24) is 9.97 Å². The van der Waals surface area contributed by atoms with Gasteiger partial charge in [-0.1, -0.05) is 18.2 Å². The lowest BCUT2D eigenvalue weighted by Gasteiger charge is -2.24. The zero-order chi connectivity index (χ0) is 24.3. The molecule has 0 radical (unpaired) electrons. The van der Waals surface area contributed by atoms with Gasteiger partial charge in [-0.15, -0.1) is 8.78 Å².